The van der Waals surface area contributed by atoms with Crippen molar-refractivity contribution in [1.82, 2.24) is 0 Å². The Hall–Kier alpha value is -3.58. The summed E-state index contributed by atoms with van der Waals surface area (Å²) in [7, 11) is 0. The molecule has 0 unspecified atom stereocenters. The zero-order valence-electron chi connectivity index (χ0n) is 19.1. The van der Waals surface area contributed by atoms with E-state index < -0.39 is 24.0 Å². The van der Waals surface area contributed by atoms with Crippen LogP contribution in [-0.2, 0) is 14.4 Å². The van der Waals surface area contributed by atoms with Crippen LogP contribution < -0.4 is 9.96 Å². The summed E-state index contributed by atoms with van der Waals surface area (Å²) in [5.41, 5.74) is 2.81. The minimum atomic E-state index is -0.980. The van der Waals surface area contributed by atoms with Gasteiger partial charge < -0.3 is 4.42 Å². The van der Waals surface area contributed by atoms with Gasteiger partial charge in [-0.25, -0.2) is 9.96 Å². The van der Waals surface area contributed by atoms with Crippen LogP contribution in [0.4, 0.5) is 11.4 Å². The Bertz CT molecular complexity index is 1490. The molecule has 1 aromatic heterocycles. The molecule has 0 aliphatic carbocycles. The van der Waals surface area contributed by atoms with E-state index in [1.807, 2.05) is 55.5 Å². The van der Waals surface area contributed by atoms with Gasteiger partial charge in [0.15, 0.2) is 6.10 Å². The molecule has 8 heteroatoms. The van der Waals surface area contributed by atoms with Crippen LogP contribution in [0.1, 0.15) is 17.4 Å². The number of hydroxylamine groups is 1. The number of carbonyl (C=O) groups is 2. The highest BCUT2D eigenvalue weighted by Crippen LogP contribution is 2.48. The summed E-state index contributed by atoms with van der Waals surface area (Å²) in [6.45, 7) is 1.91. The second kappa shape index (κ2) is 8.82. The number of hydrogen-bond donors (Lipinski definition) is 0. The molecule has 0 N–H and O–H groups in total. The molecule has 180 valence electrons. The number of amides is 2. The predicted molar refractivity (Wildman–Crippen MR) is 138 cm³/mol. The summed E-state index contributed by atoms with van der Waals surface area (Å²) in [6, 6.07) is 24.7. The predicted octanol–water partition coefficient (Wildman–Crippen LogP) is 6.61. The van der Waals surface area contributed by atoms with Gasteiger partial charge in [-0.2, -0.15) is 0 Å². The van der Waals surface area contributed by atoms with Crippen molar-refractivity contribution in [3.63, 3.8) is 0 Å². The van der Waals surface area contributed by atoms with E-state index in [1.54, 1.807) is 41.5 Å². The maximum Gasteiger partial charge on any atom is 0.266 e. The van der Waals surface area contributed by atoms with Gasteiger partial charge in [0.05, 0.1) is 16.4 Å². The zero-order chi connectivity index (χ0) is 25.0. The molecule has 3 atom stereocenters. The number of benzene rings is 3. The average Bonchev–Trinajstić information content (AvgIpc) is 3.56. The number of imide groups is 1. The highest BCUT2D eigenvalue weighted by Gasteiger charge is 2.61. The number of carbonyl (C=O) groups excluding carboxylic acids is 2. The van der Waals surface area contributed by atoms with E-state index >= 15 is 0 Å². The molecule has 2 fully saturated rings. The monoisotopic (exact) mass is 518 g/mol. The number of anilines is 2. The third-order valence-electron chi connectivity index (χ3n) is 6.50. The number of aryl methyl sites for hydroxylation is 1. The normalized spacial score (nSPS) is 21.4. The molecule has 2 saturated heterocycles. The van der Waals surface area contributed by atoms with Crippen molar-refractivity contribution in [3.05, 3.63) is 106 Å². The Kier molecular flexibility index (Phi) is 5.60. The number of halogens is 2. The van der Waals surface area contributed by atoms with Crippen molar-refractivity contribution >= 4 is 46.4 Å². The van der Waals surface area contributed by atoms with E-state index in [0.29, 0.717) is 38.5 Å². The summed E-state index contributed by atoms with van der Waals surface area (Å²) in [5.74, 6) is -0.556. The molecule has 36 heavy (non-hydrogen) atoms. The quantitative estimate of drug-likeness (QED) is 0.284. The van der Waals surface area contributed by atoms with Gasteiger partial charge in [-0.1, -0.05) is 53.5 Å². The SMILES string of the molecule is Cc1cccc(N2C(=O)[C@H]3[C@H](ON(c4ccccc4)[C@H]3c3ccc(-c4cc(Cl)ccc4Cl)o3)C2=O)c1. The molecule has 6 nitrogen and oxygen atoms in total. The maximum atomic E-state index is 13.8. The number of rotatable bonds is 4. The lowest BCUT2D eigenvalue weighted by Gasteiger charge is -2.27. The van der Waals surface area contributed by atoms with Gasteiger partial charge in [0.25, 0.3) is 5.91 Å². The topological polar surface area (TPSA) is 63.0 Å². The van der Waals surface area contributed by atoms with Gasteiger partial charge >= 0.3 is 0 Å². The number of furan rings is 1. The number of fused-ring (bicyclic) bond motifs is 1. The van der Waals surface area contributed by atoms with Crippen LogP contribution in [0.2, 0.25) is 10.0 Å². The second-order valence-electron chi connectivity index (χ2n) is 8.84. The highest BCUT2D eigenvalue weighted by molar-refractivity contribution is 6.35. The number of nitrogens with zero attached hydrogens (tertiary/aromatic N) is 2. The smallest absolute Gasteiger partial charge is 0.266 e. The van der Waals surface area contributed by atoms with Crippen molar-refractivity contribution in [2.24, 2.45) is 5.92 Å². The fourth-order valence-electron chi connectivity index (χ4n) is 4.87. The Balaban J connectivity index is 1.43. The van der Waals surface area contributed by atoms with Gasteiger partial charge in [-0.05, 0) is 67.1 Å². The molecule has 6 rings (SSSR count). The lowest BCUT2D eigenvalue weighted by atomic mass is 9.94. The first-order chi connectivity index (χ1) is 17.4. The first kappa shape index (κ1) is 22.9. The van der Waals surface area contributed by atoms with E-state index in [9.17, 15) is 9.59 Å². The van der Waals surface area contributed by atoms with Crippen molar-refractivity contribution in [3.8, 4) is 11.3 Å². The van der Waals surface area contributed by atoms with E-state index in [2.05, 4.69) is 0 Å². The molecule has 0 spiro atoms. The first-order valence-corrected chi connectivity index (χ1v) is 12.2. The lowest BCUT2D eigenvalue weighted by Crippen LogP contribution is -2.37. The molecular weight excluding hydrogens is 499 g/mol. The van der Waals surface area contributed by atoms with Crippen LogP contribution in [0.5, 0.6) is 0 Å². The van der Waals surface area contributed by atoms with E-state index in [1.165, 1.54) is 4.90 Å². The third kappa shape index (κ3) is 3.69. The highest BCUT2D eigenvalue weighted by atomic mass is 35.5. The summed E-state index contributed by atoms with van der Waals surface area (Å²) in [6.07, 6.45) is -0.980. The Morgan fingerprint density at radius 1 is 0.806 bits per heavy atom. The minimum absolute atomic E-state index is 0.335. The van der Waals surface area contributed by atoms with Crippen molar-refractivity contribution in [1.29, 1.82) is 0 Å². The lowest BCUT2D eigenvalue weighted by molar-refractivity contribution is -0.126. The van der Waals surface area contributed by atoms with Crippen molar-refractivity contribution < 1.29 is 18.8 Å². The van der Waals surface area contributed by atoms with Gasteiger partial charge in [-0.15, -0.1) is 0 Å². The fraction of sp³-hybridized carbons (Fsp3) is 0.143. The molecule has 3 aromatic carbocycles. The van der Waals surface area contributed by atoms with Crippen molar-refractivity contribution in [2.45, 2.75) is 19.1 Å². The van der Waals surface area contributed by atoms with E-state index in [-0.39, 0.29) is 5.91 Å². The van der Waals surface area contributed by atoms with Crippen LogP contribution in [0.3, 0.4) is 0 Å². The molecule has 4 aromatic rings. The summed E-state index contributed by atoms with van der Waals surface area (Å²) < 4.78 is 6.25. The first-order valence-electron chi connectivity index (χ1n) is 11.4. The Labute approximate surface area is 217 Å². The molecule has 0 bridgehead atoms. The number of para-hydroxylation sites is 1. The number of hydrogen-bond acceptors (Lipinski definition) is 5. The van der Waals surface area contributed by atoms with Crippen molar-refractivity contribution in [2.75, 3.05) is 9.96 Å². The summed E-state index contributed by atoms with van der Waals surface area (Å²) in [4.78, 5) is 34.6. The van der Waals surface area contributed by atoms with Gasteiger partial charge in [0.2, 0.25) is 5.91 Å². The third-order valence-corrected chi connectivity index (χ3v) is 7.06. The standard InChI is InChI=1S/C28H20Cl2N2O4/c1-16-6-5-9-19(14-16)31-27(33)24-25(32(36-26(24)28(31)34)18-7-3-2-4-8-18)23-13-12-22(35-23)20-15-17(29)10-11-21(20)30/h2-15,24-26H,1H3/t24-,25+,26+/m1/s1. The molecule has 0 radical (unpaired) electrons. The average molecular weight is 519 g/mol. The van der Waals surface area contributed by atoms with Gasteiger partial charge in [0.1, 0.15) is 23.5 Å². The molecular formula is C28H20Cl2N2O4. The van der Waals surface area contributed by atoms with Crippen LogP contribution >= 0.6 is 23.2 Å². The molecule has 2 amide bonds. The molecule has 2 aliphatic heterocycles. The second-order valence-corrected chi connectivity index (χ2v) is 9.68. The maximum absolute atomic E-state index is 13.8. The summed E-state index contributed by atoms with van der Waals surface area (Å²) >= 11 is 12.6. The summed E-state index contributed by atoms with van der Waals surface area (Å²) in [5, 5.41) is 2.60. The van der Waals surface area contributed by atoms with Crippen LogP contribution in [0.15, 0.2) is 89.3 Å². The molecule has 2 aliphatic rings. The largest absolute Gasteiger partial charge is 0.459 e. The van der Waals surface area contributed by atoms with E-state index in [0.717, 1.165) is 5.56 Å². The molecule has 3 heterocycles. The van der Waals surface area contributed by atoms with Gasteiger partial charge in [-0.3, -0.25) is 14.4 Å². The molecule has 0 saturated carbocycles. The van der Waals surface area contributed by atoms with Crippen LogP contribution in [0, 0.1) is 12.8 Å². The Morgan fingerprint density at radius 2 is 1.58 bits per heavy atom. The fourth-order valence-corrected chi connectivity index (χ4v) is 5.25. The van der Waals surface area contributed by atoms with Crippen LogP contribution in [-0.4, -0.2) is 17.9 Å². The minimum Gasteiger partial charge on any atom is -0.459 e. The van der Waals surface area contributed by atoms with E-state index in [4.69, 9.17) is 32.5 Å². The zero-order valence-corrected chi connectivity index (χ0v) is 20.6. The van der Waals surface area contributed by atoms with Crippen LogP contribution in [0.25, 0.3) is 11.3 Å². The Morgan fingerprint density at radius 3 is 2.36 bits per heavy atom. The van der Waals surface area contributed by atoms with Gasteiger partial charge in [0, 0.05) is 10.6 Å².